The van der Waals surface area contributed by atoms with E-state index in [2.05, 4.69) is 21.7 Å². The zero-order valence-corrected chi connectivity index (χ0v) is 21.3. The van der Waals surface area contributed by atoms with Gasteiger partial charge in [-0.15, -0.1) is 0 Å². The van der Waals surface area contributed by atoms with E-state index in [0.29, 0.717) is 24.1 Å². The van der Waals surface area contributed by atoms with Crippen LogP contribution in [0.1, 0.15) is 62.9 Å². The summed E-state index contributed by atoms with van der Waals surface area (Å²) in [5, 5.41) is 15.6. The number of methoxy groups -OCH3 is 1. The molecule has 2 heterocycles. The predicted molar refractivity (Wildman–Crippen MR) is 132 cm³/mol. The van der Waals surface area contributed by atoms with Crippen molar-refractivity contribution < 1.29 is 23.5 Å². The number of nitrogens with zero attached hydrogens (tertiary/aromatic N) is 1. The first-order valence-corrected chi connectivity index (χ1v) is 12.5. The Balaban J connectivity index is 1.48. The number of carbonyl (C=O) groups excluding carboxylic acids is 3. The van der Waals surface area contributed by atoms with Gasteiger partial charge >= 0.3 is 0 Å². The van der Waals surface area contributed by atoms with Crippen molar-refractivity contribution in [1.82, 2.24) is 15.6 Å². The number of halogens is 2. The Hall–Kier alpha value is -3.12. The van der Waals surface area contributed by atoms with Crippen molar-refractivity contribution in [3.63, 3.8) is 0 Å². The molecule has 3 atom stereocenters. The first-order valence-electron chi connectivity index (χ1n) is 12.1. The van der Waals surface area contributed by atoms with Crippen molar-refractivity contribution in [1.29, 1.82) is 5.26 Å². The van der Waals surface area contributed by atoms with Crippen LogP contribution in [0.4, 0.5) is 4.39 Å². The highest BCUT2D eigenvalue weighted by molar-refractivity contribution is 6.35. The van der Waals surface area contributed by atoms with Crippen LogP contribution in [-0.2, 0) is 9.59 Å². The largest absolute Gasteiger partial charge is 0.496 e. The average Bonchev–Trinajstić information content (AvgIpc) is 3.45. The summed E-state index contributed by atoms with van der Waals surface area (Å²) in [4.78, 5) is 41.5. The lowest BCUT2D eigenvalue weighted by Gasteiger charge is -2.20. The van der Waals surface area contributed by atoms with Crippen molar-refractivity contribution in [2.24, 2.45) is 17.8 Å². The fourth-order valence-electron chi connectivity index (χ4n) is 4.99. The van der Waals surface area contributed by atoms with Crippen LogP contribution in [0.5, 0.6) is 5.75 Å². The normalized spacial score (nSPS) is 20.4. The van der Waals surface area contributed by atoms with E-state index in [1.165, 1.54) is 7.11 Å². The molecular weight excluding hydrogens is 487 g/mol. The average molecular weight is 517 g/mol. The number of rotatable bonds is 10. The number of ketones is 1. The number of Topliss-reactive ketones (excluding diaryl/α,β-unsaturated/α-hetero) is 1. The summed E-state index contributed by atoms with van der Waals surface area (Å²) in [6.45, 7) is 3.84. The molecule has 10 heteroatoms. The molecule has 3 N–H and O–H groups in total. The summed E-state index contributed by atoms with van der Waals surface area (Å²) in [5.41, 5.74) is 0.106. The number of hydrogen-bond donors (Lipinski definition) is 3. The molecule has 3 unspecified atom stereocenters. The maximum atomic E-state index is 14.1. The van der Waals surface area contributed by atoms with E-state index in [0.717, 1.165) is 18.9 Å². The van der Waals surface area contributed by atoms with Gasteiger partial charge in [-0.3, -0.25) is 14.4 Å². The van der Waals surface area contributed by atoms with Gasteiger partial charge in [-0.2, -0.15) is 5.26 Å². The number of ether oxygens (including phenoxy) is 1. The molecule has 2 aromatic rings. The number of carbonyl (C=O) groups is 3. The summed E-state index contributed by atoms with van der Waals surface area (Å²) < 4.78 is 19.3. The van der Waals surface area contributed by atoms with Gasteiger partial charge in [0.25, 0.3) is 0 Å². The van der Waals surface area contributed by atoms with E-state index in [1.807, 2.05) is 13.8 Å². The van der Waals surface area contributed by atoms with Gasteiger partial charge in [-0.25, -0.2) is 4.39 Å². The molecular formula is C26H30ClFN4O4. The van der Waals surface area contributed by atoms with Gasteiger partial charge in [-0.05, 0) is 45.1 Å². The highest BCUT2D eigenvalue weighted by atomic mass is 35.5. The Morgan fingerprint density at radius 2 is 2.06 bits per heavy atom. The van der Waals surface area contributed by atoms with Crippen molar-refractivity contribution >= 4 is 40.1 Å². The van der Waals surface area contributed by atoms with Gasteiger partial charge in [0.2, 0.25) is 11.8 Å². The van der Waals surface area contributed by atoms with E-state index in [4.69, 9.17) is 16.3 Å². The Bertz CT molecular complexity index is 1250. The lowest BCUT2D eigenvalue weighted by molar-refractivity contribution is -0.127. The number of nitriles is 1. The van der Waals surface area contributed by atoms with Crippen molar-refractivity contribution in [3.05, 3.63) is 28.7 Å². The summed E-state index contributed by atoms with van der Waals surface area (Å²) >= 11 is 6.08. The number of nitrogens with one attached hydrogen (secondary N) is 3. The zero-order chi connectivity index (χ0) is 26.2. The first kappa shape index (κ1) is 26.0. The van der Waals surface area contributed by atoms with Gasteiger partial charge in [-0.1, -0.05) is 24.4 Å². The van der Waals surface area contributed by atoms with Crippen LogP contribution < -0.4 is 15.4 Å². The molecule has 1 saturated carbocycles. The summed E-state index contributed by atoms with van der Waals surface area (Å²) in [6, 6.07) is 3.96. The van der Waals surface area contributed by atoms with E-state index >= 15 is 0 Å². The minimum Gasteiger partial charge on any atom is -0.496 e. The van der Waals surface area contributed by atoms with E-state index in [-0.39, 0.29) is 63.9 Å². The monoisotopic (exact) mass is 516 g/mol. The molecule has 2 fully saturated rings. The van der Waals surface area contributed by atoms with Crippen LogP contribution in [0.2, 0.25) is 5.02 Å². The van der Waals surface area contributed by atoms with Crippen LogP contribution in [0.15, 0.2) is 12.1 Å². The maximum absolute atomic E-state index is 14.1. The number of fused-ring (bicyclic) bond motifs is 1. The second-order valence-corrected chi connectivity index (χ2v) is 10.9. The molecule has 1 aliphatic carbocycles. The van der Waals surface area contributed by atoms with E-state index in [9.17, 15) is 24.0 Å². The lowest BCUT2D eigenvalue weighted by atomic mass is 9.90. The van der Waals surface area contributed by atoms with Crippen molar-refractivity contribution in [2.45, 2.75) is 64.0 Å². The number of aromatic nitrogens is 1. The van der Waals surface area contributed by atoms with Crippen LogP contribution >= 0.6 is 11.6 Å². The zero-order valence-electron chi connectivity index (χ0n) is 20.5. The Morgan fingerprint density at radius 3 is 2.64 bits per heavy atom. The van der Waals surface area contributed by atoms with Gasteiger partial charge in [0.05, 0.1) is 24.4 Å². The van der Waals surface area contributed by atoms with E-state index in [1.54, 1.807) is 6.07 Å². The topological polar surface area (TPSA) is 124 Å². The minimum absolute atomic E-state index is 0.0767. The molecule has 36 heavy (non-hydrogen) atoms. The first-order chi connectivity index (χ1) is 17.0. The maximum Gasteiger partial charge on any atom is 0.224 e. The molecule has 1 aliphatic heterocycles. The highest BCUT2D eigenvalue weighted by Crippen LogP contribution is 2.38. The molecule has 0 radical (unpaired) electrons. The molecule has 192 valence electrons. The van der Waals surface area contributed by atoms with Gasteiger partial charge < -0.3 is 20.4 Å². The Labute approximate surface area is 213 Å². The van der Waals surface area contributed by atoms with Gasteiger partial charge in [0, 0.05) is 35.2 Å². The molecule has 1 saturated heterocycles. The fraction of sp³-hybridized carbons (Fsp3) is 0.538. The molecule has 1 aromatic heterocycles. The van der Waals surface area contributed by atoms with Gasteiger partial charge in [0.15, 0.2) is 5.78 Å². The van der Waals surface area contributed by atoms with Crippen LogP contribution in [0.25, 0.3) is 10.9 Å². The second kappa shape index (κ2) is 10.1. The van der Waals surface area contributed by atoms with Gasteiger partial charge in [0.1, 0.15) is 22.6 Å². The summed E-state index contributed by atoms with van der Waals surface area (Å²) in [5.74, 6) is -1.88. The Kier molecular flexibility index (Phi) is 7.28. The van der Waals surface area contributed by atoms with Crippen LogP contribution in [0.3, 0.4) is 0 Å². The van der Waals surface area contributed by atoms with Crippen LogP contribution in [-0.4, -0.2) is 41.3 Å². The minimum atomic E-state index is -0.835. The quantitative estimate of drug-likeness (QED) is 0.407. The third-order valence-electron chi connectivity index (χ3n) is 6.99. The number of hydrogen-bond acceptors (Lipinski definition) is 5. The third-order valence-corrected chi connectivity index (χ3v) is 7.36. The van der Waals surface area contributed by atoms with Crippen LogP contribution in [0, 0.1) is 34.9 Å². The molecule has 2 aliphatic rings. The summed E-state index contributed by atoms with van der Waals surface area (Å²) in [7, 11) is 1.40. The molecule has 4 rings (SSSR count). The number of benzene rings is 1. The molecule has 8 nitrogen and oxygen atoms in total. The Morgan fingerprint density at radius 1 is 1.33 bits per heavy atom. The second-order valence-electron chi connectivity index (χ2n) is 10.5. The predicted octanol–water partition coefficient (Wildman–Crippen LogP) is 4.27. The van der Waals surface area contributed by atoms with E-state index < -0.39 is 17.8 Å². The fourth-order valence-corrected chi connectivity index (χ4v) is 5.20. The number of amides is 2. The molecule has 1 aromatic carbocycles. The highest BCUT2D eigenvalue weighted by Gasteiger charge is 2.39. The number of H-pyrrole nitrogens is 1. The SMILES string of the molecule is COc1cc(F)c(Cl)c2[nH]c(C(=O)CC(CC3CC3)C(=O)NC(C#N)CC3CC(C)(C)NC3=O)cc12. The van der Waals surface area contributed by atoms with Crippen molar-refractivity contribution in [3.8, 4) is 11.8 Å². The molecule has 0 spiro atoms. The smallest absolute Gasteiger partial charge is 0.224 e. The third kappa shape index (κ3) is 5.65. The molecule has 0 bridgehead atoms. The standard InChI is InChI=1S/C26H30ClFN4O4/c1-26(2)11-15(25(35)32-26)7-16(12-29)30-24(34)14(6-13-4-5-13)8-20(33)19-9-17-21(36-3)10-18(28)22(27)23(17)31-19/h9-10,13-16,31H,4-8,11H2,1-3H3,(H,30,34)(H,32,35). The lowest BCUT2D eigenvalue weighted by Crippen LogP contribution is -2.40. The summed E-state index contributed by atoms with van der Waals surface area (Å²) in [6.07, 6.45) is 3.24. The molecule has 2 amide bonds. The van der Waals surface area contributed by atoms with Crippen molar-refractivity contribution in [2.75, 3.05) is 7.11 Å². The number of aromatic amines is 1.